The molecule has 0 fully saturated rings. The third kappa shape index (κ3) is 5.54. The van der Waals surface area contributed by atoms with Crippen LogP contribution in [-0.2, 0) is 0 Å². The molecule has 0 radical (unpaired) electrons. The summed E-state index contributed by atoms with van der Waals surface area (Å²) < 4.78 is 0. The first-order valence-corrected chi connectivity index (χ1v) is 3.57. The number of hydrogen-bond acceptors (Lipinski definition) is 3. The molecule has 0 heterocycles. The highest BCUT2D eigenvalue weighted by molar-refractivity contribution is 4.73. The predicted octanol–water partition coefficient (Wildman–Crippen LogP) is 0.261. The quantitative estimate of drug-likeness (QED) is 0.427. The third-order valence-corrected chi connectivity index (χ3v) is 1.21. The van der Waals surface area contributed by atoms with Gasteiger partial charge >= 0.3 is 0 Å². The number of aliphatic hydroxyl groups excluding tert-OH is 1. The largest absolute Gasteiger partial charge is 0.392 e. The second-order valence-corrected chi connectivity index (χ2v) is 2.23. The van der Waals surface area contributed by atoms with Gasteiger partial charge in [0, 0.05) is 6.54 Å². The van der Waals surface area contributed by atoms with Crippen LogP contribution in [0.15, 0.2) is 0 Å². The molecule has 0 saturated carbocycles. The van der Waals surface area contributed by atoms with Crippen molar-refractivity contribution in [1.82, 2.24) is 5.32 Å². The van der Waals surface area contributed by atoms with Gasteiger partial charge in [-0.05, 0) is 6.42 Å². The highest BCUT2D eigenvalue weighted by Crippen LogP contribution is 1.92. The van der Waals surface area contributed by atoms with Crippen molar-refractivity contribution in [1.29, 1.82) is 5.26 Å². The molecular formula is C7H14N2O. The lowest BCUT2D eigenvalue weighted by molar-refractivity contribution is 0.162. The molecule has 0 aliphatic carbocycles. The maximum Gasteiger partial charge on any atom is 0.0841 e. The number of nitrogens with zero attached hydrogens (tertiary/aromatic N) is 1. The van der Waals surface area contributed by atoms with E-state index in [0.717, 1.165) is 12.8 Å². The van der Waals surface area contributed by atoms with Gasteiger partial charge in [0.15, 0.2) is 0 Å². The zero-order valence-electron chi connectivity index (χ0n) is 6.30. The van der Waals surface area contributed by atoms with E-state index in [1.807, 2.05) is 13.0 Å². The minimum atomic E-state index is -0.293. The van der Waals surface area contributed by atoms with Crippen molar-refractivity contribution in [3.05, 3.63) is 0 Å². The van der Waals surface area contributed by atoms with Gasteiger partial charge in [-0.2, -0.15) is 5.26 Å². The third-order valence-electron chi connectivity index (χ3n) is 1.21. The van der Waals surface area contributed by atoms with E-state index in [1.54, 1.807) is 0 Å². The van der Waals surface area contributed by atoms with Crippen molar-refractivity contribution in [2.45, 2.75) is 25.9 Å². The van der Waals surface area contributed by atoms with E-state index in [9.17, 15) is 0 Å². The average Bonchev–Trinajstić information content (AvgIpc) is 1.89. The molecule has 0 bridgehead atoms. The van der Waals surface area contributed by atoms with Gasteiger partial charge in [0.25, 0.3) is 0 Å². The Kier molecular flexibility index (Phi) is 6.14. The Balaban J connectivity index is 3.06. The maximum absolute atomic E-state index is 9.10. The molecule has 0 amide bonds. The van der Waals surface area contributed by atoms with Crippen LogP contribution in [0.3, 0.4) is 0 Å². The Morgan fingerprint density at radius 1 is 1.70 bits per heavy atom. The van der Waals surface area contributed by atoms with Gasteiger partial charge < -0.3 is 10.4 Å². The first kappa shape index (κ1) is 9.41. The number of nitrogens with one attached hydrogen (secondary N) is 1. The van der Waals surface area contributed by atoms with Crippen LogP contribution >= 0.6 is 0 Å². The van der Waals surface area contributed by atoms with E-state index in [4.69, 9.17) is 10.4 Å². The second kappa shape index (κ2) is 6.53. The second-order valence-electron chi connectivity index (χ2n) is 2.23. The molecule has 0 aliphatic rings. The Morgan fingerprint density at radius 3 is 2.90 bits per heavy atom. The van der Waals surface area contributed by atoms with Crippen molar-refractivity contribution in [3.63, 3.8) is 0 Å². The molecule has 3 heteroatoms. The average molecular weight is 142 g/mol. The van der Waals surface area contributed by atoms with E-state index in [2.05, 4.69) is 5.32 Å². The topological polar surface area (TPSA) is 56.0 Å². The highest BCUT2D eigenvalue weighted by Gasteiger charge is 1.99. The lowest BCUT2D eigenvalue weighted by Gasteiger charge is -2.07. The summed E-state index contributed by atoms with van der Waals surface area (Å²) in [7, 11) is 0. The van der Waals surface area contributed by atoms with Crippen molar-refractivity contribution < 1.29 is 5.11 Å². The van der Waals surface area contributed by atoms with Crippen LogP contribution in [0.2, 0.25) is 0 Å². The van der Waals surface area contributed by atoms with Gasteiger partial charge in [-0.3, -0.25) is 0 Å². The molecule has 1 atom stereocenters. The number of aliphatic hydroxyl groups is 1. The van der Waals surface area contributed by atoms with Gasteiger partial charge in [0.05, 0.1) is 18.7 Å². The van der Waals surface area contributed by atoms with Gasteiger partial charge in [-0.25, -0.2) is 0 Å². The number of rotatable bonds is 5. The summed E-state index contributed by atoms with van der Waals surface area (Å²) >= 11 is 0. The Hall–Kier alpha value is -0.590. The Morgan fingerprint density at radius 2 is 2.40 bits per heavy atom. The van der Waals surface area contributed by atoms with Crippen LogP contribution in [-0.4, -0.2) is 24.3 Å². The van der Waals surface area contributed by atoms with E-state index >= 15 is 0 Å². The standard InChI is InChI=1S/C7H14N2O/c1-2-3-7(10)6-9-5-4-8/h7,9-10H,2-3,5-6H2,1H3. The van der Waals surface area contributed by atoms with Gasteiger partial charge in [-0.1, -0.05) is 13.3 Å². The van der Waals surface area contributed by atoms with E-state index in [1.165, 1.54) is 0 Å². The Bertz CT molecular complexity index is 109. The van der Waals surface area contributed by atoms with Crippen molar-refractivity contribution in [2.75, 3.05) is 13.1 Å². The van der Waals surface area contributed by atoms with Crippen LogP contribution in [0, 0.1) is 11.3 Å². The molecule has 10 heavy (non-hydrogen) atoms. The van der Waals surface area contributed by atoms with Crippen molar-refractivity contribution in [3.8, 4) is 6.07 Å². The lowest BCUT2D eigenvalue weighted by atomic mass is 10.2. The van der Waals surface area contributed by atoms with Gasteiger partial charge in [0.2, 0.25) is 0 Å². The Labute approximate surface area is 61.7 Å². The summed E-state index contributed by atoms with van der Waals surface area (Å²) in [6.07, 6.45) is 1.49. The highest BCUT2D eigenvalue weighted by atomic mass is 16.3. The summed E-state index contributed by atoms with van der Waals surface area (Å²) in [5.41, 5.74) is 0. The maximum atomic E-state index is 9.10. The summed E-state index contributed by atoms with van der Waals surface area (Å²) in [5.74, 6) is 0. The smallest absolute Gasteiger partial charge is 0.0841 e. The van der Waals surface area contributed by atoms with Crippen LogP contribution in [0.25, 0.3) is 0 Å². The molecule has 1 unspecified atom stereocenters. The SMILES string of the molecule is CCCC(O)CNCC#N. The first-order valence-electron chi connectivity index (χ1n) is 3.57. The van der Waals surface area contributed by atoms with Crippen molar-refractivity contribution in [2.24, 2.45) is 0 Å². The monoisotopic (exact) mass is 142 g/mol. The molecular weight excluding hydrogens is 128 g/mol. The fourth-order valence-corrected chi connectivity index (χ4v) is 0.730. The van der Waals surface area contributed by atoms with Crippen LogP contribution < -0.4 is 5.32 Å². The fourth-order valence-electron chi connectivity index (χ4n) is 0.730. The summed E-state index contributed by atoms with van der Waals surface area (Å²) in [4.78, 5) is 0. The van der Waals surface area contributed by atoms with E-state index in [-0.39, 0.29) is 6.10 Å². The first-order chi connectivity index (χ1) is 4.81. The zero-order valence-corrected chi connectivity index (χ0v) is 6.30. The minimum absolute atomic E-state index is 0.293. The molecule has 0 aromatic carbocycles. The summed E-state index contributed by atoms with van der Waals surface area (Å²) in [5, 5.41) is 20.0. The molecule has 3 nitrogen and oxygen atoms in total. The molecule has 0 saturated heterocycles. The molecule has 0 rings (SSSR count). The fraction of sp³-hybridized carbons (Fsp3) is 0.857. The summed E-state index contributed by atoms with van der Waals surface area (Å²) in [6.45, 7) is 2.87. The van der Waals surface area contributed by atoms with Crippen LogP contribution in [0.5, 0.6) is 0 Å². The normalized spacial score (nSPS) is 12.5. The molecule has 0 aliphatic heterocycles. The lowest BCUT2D eigenvalue weighted by Crippen LogP contribution is -2.26. The number of hydrogen-bond donors (Lipinski definition) is 2. The predicted molar refractivity (Wildman–Crippen MR) is 39.4 cm³/mol. The molecule has 0 aromatic heterocycles. The van der Waals surface area contributed by atoms with Gasteiger partial charge in [0.1, 0.15) is 0 Å². The van der Waals surface area contributed by atoms with Crippen LogP contribution in [0.4, 0.5) is 0 Å². The van der Waals surface area contributed by atoms with E-state index in [0.29, 0.717) is 13.1 Å². The molecule has 0 aromatic rings. The molecule has 58 valence electrons. The minimum Gasteiger partial charge on any atom is -0.392 e. The zero-order chi connectivity index (χ0) is 7.82. The van der Waals surface area contributed by atoms with Crippen molar-refractivity contribution >= 4 is 0 Å². The van der Waals surface area contributed by atoms with Gasteiger partial charge in [-0.15, -0.1) is 0 Å². The summed E-state index contributed by atoms with van der Waals surface area (Å²) in [6, 6.07) is 1.94. The van der Waals surface area contributed by atoms with E-state index < -0.39 is 0 Å². The number of nitriles is 1. The molecule has 2 N–H and O–H groups in total. The molecule has 0 spiro atoms. The van der Waals surface area contributed by atoms with Crippen LogP contribution in [0.1, 0.15) is 19.8 Å².